The predicted octanol–water partition coefficient (Wildman–Crippen LogP) is 3.78. The summed E-state index contributed by atoms with van der Waals surface area (Å²) >= 11 is 0. The molecular weight excluding hydrogens is 448 g/mol. The first-order valence-electron chi connectivity index (χ1n) is 10.8. The van der Waals surface area contributed by atoms with Crippen LogP contribution >= 0.6 is 0 Å². The Bertz CT molecular complexity index is 1140. The Kier molecular flexibility index (Phi) is 7.88. The first-order chi connectivity index (χ1) is 16.2. The number of carbonyl (C=O) groups is 2. The lowest BCUT2D eigenvalue weighted by atomic mass is 9.94. The van der Waals surface area contributed by atoms with Crippen molar-refractivity contribution in [2.24, 2.45) is 0 Å². The van der Waals surface area contributed by atoms with E-state index < -0.39 is 36.2 Å². The molecule has 1 aliphatic heterocycles. The number of hydrogen-bond donors (Lipinski definition) is 3. The van der Waals surface area contributed by atoms with Gasteiger partial charge in [0.2, 0.25) is 5.91 Å². The van der Waals surface area contributed by atoms with Crippen LogP contribution in [-0.2, 0) is 22.6 Å². The van der Waals surface area contributed by atoms with Crippen LogP contribution in [0.15, 0.2) is 29.8 Å². The molecule has 0 saturated carbocycles. The molecule has 3 rings (SSSR count). The van der Waals surface area contributed by atoms with E-state index in [2.05, 4.69) is 5.32 Å². The average molecular weight is 475 g/mol. The lowest BCUT2D eigenvalue weighted by Gasteiger charge is -2.18. The van der Waals surface area contributed by atoms with E-state index in [1.54, 1.807) is 6.92 Å². The summed E-state index contributed by atoms with van der Waals surface area (Å²) in [5.41, 5.74) is 2.78. The summed E-state index contributed by atoms with van der Waals surface area (Å²) in [6.07, 6.45) is 2.52. The van der Waals surface area contributed by atoms with E-state index in [4.69, 9.17) is 9.47 Å². The number of methoxy groups -OCH3 is 1. The van der Waals surface area contributed by atoms with Gasteiger partial charge in [-0.05, 0) is 38.3 Å². The molecule has 0 aliphatic carbocycles. The number of hydrogen-bond acceptors (Lipinski definition) is 6. The fourth-order valence-electron chi connectivity index (χ4n) is 3.99. The molecule has 0 aromatic heterocycles. The normalized spacial score (nSPS) is 13.9. The lowest BCUT2D eigenvalue weighted by molar-refractivity contribution is -0.122. The number of esters is 1. The second-order valence-electron chi connectivity index (χ2n) is 8.14. The maximum absolute atomic E-state index is 14.0. The topological polar surface area (TPSA) is 105 Å². The summed E-state index contributed by atoms with van der Waals surface area (Å²) in [5, 5.41) is 22.8. The first kappa shape index (κ1) is 25.2. The van der Waals surface area contributed by atoms with Gasteiger partial charge in [0.25, 0.3) is 0 Å². The van der Waals surface area contributed by atoms with Crippen molar-refractivity contribution in [3.63, 3.8) is 0 Å². The van der Waals surface area contributed by atoms with Crippen LogP contribution in [0, 0.1) is 18.6 Å². The number of fused-ring (bicyclic) bond motifs is 1. The monoisotopic (exact) mass is 475 g/mol. The van der Waals surface area contributed by atoms with Crippen LogP contribution < -0.4 is 10.1 Å². The van der Waals surface area contributed by atoms with Crippen LogP contribution in [0.5, 0.6) is 11.5 Å². The Balaban J connectivity index is 1.66. The second kappa shape index (κ2) is 10.6. The molecule has 9 heteroatoms. The van der Waals surface area contributed by atoms with Gasteiger partial charge in [0.1, 0.15) is 35.3 Å². The molecule has 1 heterocycles. The molecule has 1 aliphatic rings. The zero-order valence-electron chi connectivity index (χ0n) is 19.2. The van der Waals surface area contributed by atoms with Gasteiger partial charge in [-0.1, -0.05) is 17.7 Å². The molecule has 1 amide bonds. The van der Waals surface area contributed by atoms with Crippen molar-refractivity contribution in [2.75, 3.05) is 13.7 Å². The Hall–Kier alpha value is -3.46. The number of rotatable bonds is 9. The van der Waals surface area contributed by atoms with Gasteiger partial charge in [0.15, 0.2) is 0 Å². The molecule has 0 radical (unpaired) electrons. The van der Waals surface area contributed by atoms with Gasteiger partial charge < -0.3 is 25.0 Å². The fraction of sp³-hybridized carbons (Fsp3) is 0.360. The van der Waals surface area contributed by atoms with Crippen LogP contribution in [0.25, 0.3) is 0 Å². The van der Waals surface area contributed by atoms with Gasteiger partial charge in [-0.2, -0.15) is 0 Å². The van der Waals surface area contributed by atoms with E-state index in [1.165, 1.54) is 13.2 Å². The van der Waals surface area contributed by atoms with Crippen LogP contribution in [0.1, 0.15) is 58.4 Å². The number of ether oxygens (including phenoxy) is 2. The fourth-order valence-corrected chi connectivity index (χ4v) is 3.99. The van der Waals surface area contributed by atoms with E-state index in [0.29, 0.717) is 29.4 Å². The molecule has 0 fully saturated rings. The van der Waals surface area contributed by atoms with E-state index in [1.807, 2.05) is 13.0 Å². The Morgan fingerprint density at radius 1 is 1.32 bits per heavy atom. The van der Waals surface area contributed by atoms with E-state index in [0.717, 1.165) is 17.2 Å². The zero-order valence-corrected chi connectivity index (χ0v) is 19.2. The number of phenolic OH excluding ortho intramolecular Hbond substituents is 1. The largest absolute Gasteiger partial charge is 0.507 e. The molecule has 1 atom stereocenters. The minimum atomic E-state index is -0.993. The van der Waals surface area contributed by atoms with Gasteiger partial charge in [-0.15, -0.1) is 0 Å². The highest BCUT2D eigenvalue weighted by molar-refractivity contribution is 5.98. The van der Waals surface area contributed by atoms with Crippen molar-refractivity contribution in [1.29, 1.82) is 0 Å². The summed E-state index contributed by atoms with van der Waals surface area (Å²) in [6.45, 7) is 3.16. The van der Waals surface area contributed by atoms with Gasteiger partial charge in [0, 0.05) is 29.2 Å². The first-order valence-corrected chi connectivity index (χ1v) is 10.8. The third kappa shape index (κ3) is 5.20. The van der Waals surface area contributed by atoms with Crippen molar-refractivity contribution in [1.82, 2.24) is 5.32 Å². The molecule has 7 nitrogen and oxygen atoms in total. The SMILES string of the molecule is COc1c(C)c2c(c(O)c1C/C=C(\C)CCC(=O)NC(CO)c1ccc(F)cc1F)C(=O)OC2. The Morgan fingerprint density at radius 2 is 2.06 bits per heavy atom. The number of nitrogens with one attached hydrogen (secondary N) is 1. The van der Waals surface area contributed by atoms with Gasteiger partial charge in [-0.3, -0.25) is 4.79 Å². The zero-order chi connectivity index (χ0) is 25.0. The number of cyclic esters (lactones) is 1. The standard InChI is InChI=1S/C25H27F2NO6/c1-13(5-9-21(30)28-20(11-29)16-8-6-15(26)10-19(16)27)4-7-17-23(31)22-18(12-34-25(22)32)14(2)24(17)33-3/h4,6,8,10,20,29,31H,5,7,9,11-12H2,1-3H3,(H,28,30)/b13-4+. The molecule has 0 spiro atoms. The summed E-state index contributed by atoms with van der Waals surface area (Å²) < 4.78 is 37.6. The Labute approximate surface area is 196 Å². The summed E-state index contributed by atoms with van der Waals surface area (Å²) in [5.74, 6) is -2.28. The van der Waals surface area contributed by atoms with Crippen molar-refractivity contribution in [2.45, 2.75) is 45.8 Å². The Morgan fingerprint density at radius 3 is 2.71 bits per heavy atom. The van der Waals surface area contributed by atoms with Gasteiger partial charge >= 0.3 is 5.97 Å². The molecular formula is C25H27F2NO6. The minimum Gasteiger partial charge on any atom is -0.507 e. The van der Waals surface area contributed by atoms with Crippen molar-refractivity contribution >= 4 is 11.9 Å². The highest BCUT2D eigenvalue weighted by atomic mass is 19.1. The molecule has 0 saturated heterocycles. The average Bonchev–Trinajstić information content (AvgIpc) is 3.19. The van der Waals surface area contributed by atoms with Crippen LogP contribution in [0.3, 0.4) is 0 Å². The predicted molar refractivity (Wildman–Crippen MR) is 120 cm³/mol. The molecule has 34 heavy (non-hydrogen) atoms. The van der Waals surface area contributed by atoms with Crippen LogP contribution in [-0.4, -0.2) is 35.8 Å². The quantitative estimate of drug-likeness (QED) is 0.377. The van der Waals surface area contributed by atoms with E-state index in [9.17, 15) is 28.6 Å². The second-order valence-corrected chi connectivity index (χ2v) is 8.14. The molecule has 182 valence electrons. The summed E-state index contributed by atoms with van der Waals surface area (Å²) in [6, 6.07) is 1.95. The number of aliphatic hydroxyl groups excluding tert-OH is 1. The molecule has 3 N–H and O–H groups in total. The highest BCUT2D eigenvalue weighted by Gasteiger charge is 2.31. The lowest BCUT2D eigenvalue weighted by Crippen LogP contribution is -2.31. The molecule has 1 unspecified atom stereocenters. The number of allylic oxidation sites excluding steroid dienone is 2. The van der Waals surface area contributed by atoms with E-state index >= 15 is 0 Å². The minimum absolute atomic E-state index is 0.00223. The van der Waals surface area contributed by atoms with Crippen LogP contribution in [0.2, 0.25) is 0 Å². The molecule has 0 bridgehead atoms. The number of benzene rings is 2. The van der Waals surface area contributed by atoms with Crippen molar-refractivity contribution in [3.05, 3.63) is 69.3 Å². The maximum Gasteiger partial charge on any atom is 0.342 e. The van der Waals surface area contributed by atoms with Crippen LogP contribution in [0.4, 0.5) is 8.78 Å². The third-order valence-corrected chi connectivity index (χ3v) is 5.90. The molecule has 2 aromatic carbocycles. The number of aromatic hydroxyl groups is 1. The third-order valence-electron chi connectivity index (χ3n) is 5.90. The van der Waals surface area contributed by atoms with Gasteiger partial charge in [0.05, 0.1) is 19.8 Å². The highest BCUT2D eigenvalue weighted by Crippen LogP contribution is 2.42. The number of amides is 1. The van der Waals surface area contributed by atoms with Gasteiger partial charge in [-0.25, -0.2) is 13.6 Å². The van der Waals surface area contributed by atoms with Crippen molar-refractivity contribution < 1.29 is 38.1 Å². The number of halogens is 2. The summed E-state index contributed by atoms with van der Waals surface area (Å²) in [7, 11) is 1.48. The number of carbonyl (C=O) groups excluding carboxylic acids is 2. The summed E-state index contributed by atoms with van der Waals surface area (Å²) in [4.78, 5) is 24.4. The number of phenols is 1. The molecule has 2 aromatic rings. The number of aliphatic hydroxyl groups is 1. The maximum atomic E-state index is 14.0. The smallest absolute Gasteiger partial charge is 0.342 e. The van der Waals surface area contributed by atoms with Crippen molar-refractivity contribution in [3.8, 4) is 11.5 Å². The van der Waals surface area contributed by atoms with E-state index in [-0.39, 0.29) is 36.3 Å².